The number of anilines is 3. The lowest BCUT2D eigenvalue weighted by Gasteiger charge is -2.40. The minimum Gasteiger partial charge on any atom is -0.364 e. The lowest BCUT2D eigenvalue weighted by Crippen LogP contribution is -2.54. The molecule has 0 bridgehead atoms. The molecule has 3 aromatic rings. The number of carbonyl (C=O) groups is 2. The number of thiazole rings is 1. The molecule has 2 aromatic heterocycles. The molecule has 36 heavy (non-hydrogen) atoms. The van der Waals surface area contributed by atoms with Crippen molar-refractivity contribution < 1.29 is 14.0 Å². The molecule has 5 rings (SSSR count). The van der Waals surface area contributed by atoms with Gasteiger partial charge < -0.3 is 21.3 Å². The van der Waals surface area contributed by atoms with Gasteiger partial charge >= 0.3 is 0 Å². The Bertz CT molecular complexity index is 1310. The van der Waals surface area contributed by atoms with Crippen molar-refractivity contribution in [1.82, 2.24) is 20.3 Å². The maximum atomic E-state index is 14.7. The topological polar surface area (TPSA) is 126 Å². The van der Waals surface area contributed by atoms with Crippen molar-refractivity contribution in [3.8, 4) is 0 Å². The fourth-order valence-corrected chi connectivity index (χ4v) is 5.28. The van der Waals surface area contributed by atoms with Gasteiger partial charge in [0, 0.05) is 24.0 Å². The second-order valence-corrected chi connectivity index (χ2v) is 10.2. The molecular weight excluding hydrogens is 481 g/mol. The van der Waals surface area contributed by atoms with E-state index < -0.39 is 17.6 Å². The van der Waals surface area contributed by atoms with Crippen LogP contribution in [0.15, 0.2) is 29.8 Å². The molecule has 9 nitrogen and oxygen atoms in total. The smallest absolute Gasteiger partial charge is 0.271 e. The Morgan fingerprint density at radius 3 is 2.69 bits per heavy atom. The highest BCUT2D eigenvalue weighted by Crippen LogP contribution is 2.40. The number of piperidine rings is 1. The highest BCUT2D eigenvalue weighted by atomic mass is 32.1. The van der Waals surface area contributed by atoms with Crippen LogP contribution in [0, 0.1) is 12.7 Å². The first-order chi connectivity index (χ1) is 17.3. The molecule has 0 unspecified atom stereocenters. The van der Waals surface area contributed by atoms with E-state index in [9.17, 15) is 14.0 Å². The molecule has 1 aliphatic heterocycles. The molecule has 2 fully saturated rings. The number of aryl methyl sites for hydroxylation is 1. The van der Waals surface area contributed by atoms with Crippen molar-refractivity contribution in [2.75, 3.05) is 16.8 Å². The van der Waals surface area contributed by atoms with Crippen LogP contribution in [0.25, 0.3) is 0 Å². The summed E-state index contributed by atoms with van der Waals surface area (Å²) in [5.41, 5.74) is 7.38. The Labute approximate surface area is 212 Å². The zero-order valence-electron chi connectivity index (χ0n) is 20.1. The van der Waals surface area contributed by atoms with E-state index in [0.29, 0.717) is 23.4 Å². The first-order valence-electron chi connectivity index (χ1n) is 12.0. The highest BCUT2D eigenvalue weighted by Gasteiger charge is 2.32. The number of benzene rings is 1. The molecule has 0 spiro atoms. The van der Waals surface area contributed by atoms with Crippen LogP contribution in [0.1, 0.15) is 70.6 Å². The summed E-state index contributed by atoms with van der Waals surface area (Å²) in [7, 11) is 0. The van der Waals surface area contributed by atoms with Gasteiger partial charge in [-0.15, -0.1) is 11.3 Å². The molecule has 2 atom stereocenters. The highest BCUT2D eigenvalue weighted by molar-refractivity contribution is 7.13. The quantitative estimate of drug-likeness (QED) is 0.441. The van der Waals surface area contributed by atoms with Gasteiger partial charge in [-0.3, -0.25) is 9.59 Å². The normalized spacial score (nSPS) is 19.7. The van der Waals surface area contributed by atoms with E-state index in [-0.39, 0.29) is 29.2 Å². The van der Waals surface area contributed by atoms with Crippen molar-refractivity contribution in [3.05, 3.63) is 58.1 Å². The van der Waals surface area contributed by atoms with Gasteiger partial charge in [0.2, 0.25) is 0 Å². The van der Waals surface area contributed by atoms with E-state index in [2.05, 4.69) is 25.6 Å². The molecule has 2 amide bonds. The number of amides is 2. The van der Waals surface area contributed by atoms with Crippen molar-refractivity contribution in [3.63, 3.8) is 0 Å². The third-order valence-electron chi connectivity index (χ3n) is 6.72. The molecule has 11 heteroatoms. The van der Waals surface area contributed by atoms with E-state index in [1.165, 1.54) is 23.6 Å². The fourth-order valence-electron chi connectivity index (χ4n) is 4.59. The number of rotatable bonds is 7. The van der Waals surface area contributed by atoms with Crippen molar-refractivity contribution >= 4 is 39.9 Å². The number of halogens is 1. The molecule has 0 radical (unpaired) electrons. The average molecular weight is 510 g/mol. The van der Waals surface area contributed by atoms with Gasteiger partial charge in [0.05, 0.1) is 17.5 Å². The third kappa shape index (κ3) is 5.01. The van der Waals surface area contributed by atoms with Crippen molar-refractivity contribution in [2.24, 2.45) is 5.73 Å². The number of primary amides is 1. The van der Waals surface area contributed by atoms with E-state index >= 15 is 0 Å². The van der Waals surface area contributed by atoms with Gasteiger partial charge in [0.1, 0.15) is 11.6 Å². The third-order valence-corrected chi connectivity index (χ3v) is 7.60. The van der Waals surface area contributed by atoms with Crippen molar-refractivity contribution in [2.45, 2.75) is 57.5 Å². The lowest BCUT2D eigenvalue weighted by atomic mass is 9.96. The maximum Gasteiger partial charge on any atom is 0.271 e. The van der Waals surface area contributed by atoms with E-state index in [1.54, 1.807) is 6.07 Å². The summed E-state index contributed by atoms with van der Waals surface area (Å²) in [5, 5.41) is 8.52. The summed E-state index contributed by atoms with van der Waals surface area (Å²) in [6, 6.07) is 4.55. The first-order valence-corrected chi connectivity index (χ1v) is 12.9. The monoisotopic (exact) mass is 509 g/mol. The van der Waals surface area contributed by atoms with Crippen LogP contribution in [0.4, 0.5) is 21.2 Å². The van der Waals surface area contributed by atoms with Gasteiger partial charge in [-0.2, -0.15) is 0 Å². The van der Waals surface area contributed by atoms with E-state index in [0.717, 1.165) is 36.9 Å². The Morgan fingerprint density at radius 1 is 1.22 bits per heavy atom. The Kier molecular flexibility index (Phi) is 6.57. The zero-order valence-corrected chi connectivity index (χ0v) is 20.9. The number of hydrogen-bond donors (Lipinski definition) is 3. The number of nitrogens with two attached hydrogens (primary N) is 1. The molecule has 4 N–H and O–H groups in total. The Morgan fingerprint density at radius 2 is 2.03 bits per heavy atom. The first kappa shape index (κ1) is 24.1. The number of hydrogen-bond acceptors (Lipinski definition) is 8. The largest absolute Gasteiger partial charge is 0.364 e. The molecule has 1 saturated carbocycles. The Hall–Kier alpha value is -3.60. The average Bonchev–Trinajstić information content (AvgIpc) is 3.62. The van der Waals surface area contributed by atoms with Crippen LogP contribution in [0.3, 0.4) is 0 Å². The fraction of sp³-hybridized carbons (Fsp3) is 0.400. The summed E-state index contributed by atoms with van der Waals surface area (Å²) in [6.07, 6.45) is 5.21. The summed E-state index contributed by atoms with van der Waals surface area (Å²) in [6.45, 7) is 4.55. The molecule has 1 saturated heterocycles. The van der Waals surface area contributed by atoms with Gasteiger partial charge in [-0.1, -0.05) is 6.07 Å². The van der Waals surface area contributed by atoms with E-state index in [1.807, 2.05) is 30.2 Å². The second-order valence-electron chi connectivity index (χ2n) is 9.38. The molecule has 188 valence electrons. The molecule has 2 aliphatic rings. The minimum atomic E-state index is -0.698. The van der Waals surface area contributed by atoms with Crippen LogP contribution in [0.2, 0.25) is 0 Å². The van der Waals surface area contributed by atoms with Gasteiger partial charge in [-0.05, 0) is 63.1 Å². The minimum absolute atomic E-state index is 0.0197. The van der Waals surface area contributed by atoms with Gasteiger partial charge in [0.15, 0.2) is 16.6 Å². The van der Waals surface area contributed by atoms with Crippen LogP contribution < -0.4 is 21.3 Å². The maximum absolute atomic E-state index is 14.7. The number of nitrogens with zero attached hydrogens (tertiary/aromatic N) is 4. The predicted octanol–water partition coefficient (Wildman–Crippen LogP) is 3.89. The second kappa shape index (κ2) is 9.81. The predicted molar refractivity (Wildman–Crippen MR) is 136 cm³/mol. The number of nitrogens with one attached hydrogen (secondary N) is 2. The molecule has 1 aliphatic carbocycles. The van der Waals surface area contributed by atoms with Crippen LogP contribution in [-0.4, -0.2) is 45.4 Å². The van der Waals surface area contributed by atoms with Crippen LogP contribution >= 0.6 is 11.3 Å². The van der Waals surface area contributed by atoms with E-state index in [4.69, 9.17) is 5.73 Å². The van der Waals surface area contributed by atoms with Crippen LogP contribution in [-0.2, 0) is 0 Å². The van der Waals surface area contributed by atoms with Crippen molar-refractivity contribution in [1.29, 1.82) is 0 Å². The molecule has 3 heterocycles. The molecule has 1 aromatic carbocycles. The SMILES string of the molecule is Cc1csc(Nc2nc(N3CCC[C@@H](NC(=O)c4ccc(C5CC5)cc4F)[C@H]3C)cnc2C(N)=O)n1. The molecular formula is C25H28FN7O2S. The number of aromatic nitrogens is 3. The zero-order chi connectivity index (χ0) is 25.4. The Balaban J connectivity index is 1.34. The lowest BCUT2D eigenvalue weighted by molar-refractivity contribution is 0.0919. The number of carbonyl (C=O) groups excluding carboxylic acids is 2. The standard InChI is InChI=1S/C25H28FN7O2S/c1-13-12-36-25(29-13)32-23-21(22(27)34)28-11-20(31-23)33-9-3-4-19(14(33)2)30-24(35)17-8-7-16(10-18(17)26)15-5-6-15/h7-8,10-12,14-15,19H,3-6,9H2,1-2H3,(H2,27,34)(H,30,35)(H,29,31,32)/t14-,19-/m1/s1. The van der Waals surface area contributed by atoms with Crippen LogP contribution in [0.5, 0.6) is 0 Å². The summed E-state index contributed by atoms with van der Waals surface area (Å²) >= 11 is 1.38. The summed E-state index contributed by atoms with van der Waals surface area (Å²) in [5.74, 6) is -0.419. The van der Waals surface area contributed by atoms with Gasteiger partial charge in [0.25, 0.3) is 11.8 Å². The summed E-state index contributed by atoms with van der Waals surface area (Å²) < 4.78 is 14.7. The summed E-state index contributed by atoms with van der Waals surface area (Å²) in [4.78, 5) is 40.2. The van der Waals surface area contributed by atoms with Gasteiger partial charge in [-0.25, -0.2) is 19.3 Å².